The van der Waals surface area contributed by atoms with Crippen molar-refractivity contribution in [3.63, 3.8) is 0 Å². The Morgan fingerprint density at radius 2 is 1.80 bits per heavy atom. The molecule has 0 radical (unpaired) electrons. The molecule has 33 valence electrons. The fourth-order valence-electron chi connectivity index (χ4n) is 0. The fraction of sp³-hybridized carbons (Fsp3) is 0. The van der Waals surface area contributed by atoms with Gasteiger partial charge in [-0.2, -0.15) is 0 Å². The molecule has 0 rings (SSSR count). The van der Waals surface area contributed by atoms with E-state index in [1.54, 1.807) is 0 Å². The molecule has 0 aromatic heterocycles. The van der Waals surface area contributed by atoms with Gasteiger partial charge in [-0.05, 0) is 0 Å². The van der Waals surface area contributed by atoms with Gasteiger partial charge in [0.15, 0.2) is 0 Å². The molecule has 5 heteroatoms. The van der Waals surface area contributed by atoms with Gasteiger partial charge in [-0.3, -0.25) is 0 Å². The van der Waals surface area contributed by atoms with Gasteiger partial charge >= 0.3 is 27.0 Å². The van der Waals surface area contributed by atoms with Crippen LogP contribution in [0.4, 0.5) is 0 Å². The minimum atomic E-state index is 1.00. The molecule has 0 aliphatic heterocycles. The van der Waals surface area contributed by atoms with Crippen LogP contribution >= 0.6 is 9.69 Å². The minimum absolute atomic E-state index is 1.00. The second kappa shape index (κ2) is 27.5. The van der Waals surface area contributed by atoms with E-state index in [0.29, 0.717) is 0 Å². The average Bonchev–Trinajstić information content (AvgIpc) is 1.46. The van der Waals surface area contributed by atoms with Crippen LogP contribution in [0.5, 0.6) is 0 Å². The normalized spacial score (nSPS) is 3.60. The molecule has 0 unspecified atom stereocenters. The van der Waals surface area contributed by atoms with Gasteiger partial charge in [0.25, 0.3) is 0 Å². The van der Waals surface area contributed by atoms with Crippen molar-refractivity contribution in [2.45, 2.75) is 0 Å². The van der Waals surface area contributed by atoms with Crippen molar-refractivity contribution in [2.75, 3.05) is 0 Å². The molecule has 0 heterocycles. The summed E-state index contributed by atoms with van der Waals surface area (Å²) in [6.07, 6.45) is 0. The van der Waals surface area contributed by atoms with E-state index in [2.05, 4.69) is 9.69 Å². The first-order valence-corrected chi connectivity index (χ1v) is 2.74. The third-order valence-electron chi connectivity index (χ3n) is 0. The molecule has 0 aliphatic carbocycles. The van der Waals surface area contributed by atoms with Crippen LogP contribution in [0.3, 0.4) is 0 Å². The molecule has 0 saturated carbocycles. The van der Waals surface area contributed by atoms with Crippen molar-refractivity contribution in [1.82, 2.24) is 0 Å². The van der Waals surface area contributed by atoms with Crippen LogP contribution in [-0.4, -0.2) is 0 Å². The predicted molar refractivity (Wildman–Crippen MR) is 15.0 cm³/mol. The van der Waals surface area contributed by atoms with Crippen LogP contribution in [0.1, 0.15) is 0 Å². The van der Waals surface area contributed by atoms with Crippen LogP contribution in [-0.2, 0) is 17.3 Å². The second-order valence-corrected chi connectivity index (χ2v) is 0.0745. The summed E-state index contributed by atoms with van der Waals surface area (Å²) in [4.78, 5) is 8.00. The van der Waals surface area contributed by atoms with Crippen molar-refractivity contribution in [2.24, 2.45) is 5.34 Å². The maximum atomic E-state index is 8.00. The van der Waals surface area contributed by atoms with Crippen molar-refractivity contribution in [3.8, 4) is 0 Å². The van der Waals surface area contributed by atoms with E-state index in [4.69, 9.17) is 10.1 Å². The van der Waals surface area contributed by atoms with E-state index < -0.39 is 0 Å². The first-order chi connectivity index (χ1) is 2.41. The van der Waals surface area contributed by atoms with Gasteiger partial charge in [0.05, 0.1) is 0 Å². The molecule has 5 heavy (non-hydrogen) atoms. The van der Waals surface area contributed by atoms with E-state index in [1.165, 1.54) is 0 Å². The van der Waals surface area contributed by atoms with E-state index in [9.17, 15) is 0 Å². The summed E-state index contributed by atoms with van der Waals surface area (Å²) in [6, 6.07) is 0. The molecular formula is ClNO2Ru-. The monoisotopic (exact) mass is 183 g/mol. The Labute approximate surface area is 43.0 Å². The second-order valence-electron chi connectivity index (χ2n) is 0.0745. The summed E-state index contributed by atoms with van der Waals surface area (Å²) in [5, 5.41) is 9.00. The summed E-state index contributed by atoms with van der Waals surface area (Å²) in [7, 11) is 4.57. The Balaban J connectivity index is 0. The van der Waals surface area contributed by atoms with Gasteiger partial charge in [-0.25, -0.2) is 0 Å². The molecule has 0 aliphatic rings. The van der Waals surface area contributed by atoms with E-state index in [1.807, 2.05) is 17.3 Å². The SMILES string of the molecule is O=N[O-].[Cl][Ru]. The summed E-state index contributed by atoms with van der Waals surface area (Å²) < 4.78 is 0. The standard InChI is InChI=1S/ClH.HNO2.Ru/c;2-1-3;/h1H;(H,2,3);/q;;+1/p-2. The first kappa shape index (κ1) is 9.00. The third kappa shape index (κ3) is 235. The molecule has 0 bridgehead atoms. The molecule has 0 N–H and O–H groups in total. The van der Waals surface area contributed by atoms with Gasteiger partial charge in [-0.15, -0.1) is 5.34 Å². The quantitative estimate of drug-likeness (QED) is 0.318. The van der Waals surface area contributed by atoms with Gasteiger partial charge in [0, 0.05) is 0 Å². The summed E-state index contributed by atoms with van der Waals surface area (Å²) in [5.74, 6) is 0. The first-order valence-electron chi connectivity index (χ1n) is 0.499. The zero-order chi connectivity index (χ0) is 4.71. The Morgan fingerprint density at radius 3 is 1.80 bits per heavy atom. The van der Waals surface area contributed by atoms with Crippen LogP contribution < -0.4 is 0 Å². The number of hydrogen-bond donors (Lipinski definition) is 0. The predicted octanol–water partition coefficient (Wildman–Crippen LogP) is 0.938. The maximum absolute atomic E-state index is 8.00. The van der Waals surface area contributed by atoms with Crippen molar-refractivity contribution >= 4 is 9.69 Å². The number of rotatable bonds is 0. The number of halogens is 1. The van der Waals surface area contributed by atoms with Crippen molar-refractivity contribution in [1.29, 1.82) is 0 Å². The molecular weight excluding hydrogens is 183 g/mol. The fourth-order valence-corrected chi connectivity index (χ4v) is 0. The molecule has 0 saturated heterocycles. The Hall–Kier alpha value is 0.313. The topological polar surface area (TPSA) is 52.5 Å². The van der Waals surface area contributed by atoms with Crippen LogP contribution in [0.2, 0.25) is 0 Å². The molecule has 0 amide bonds. The molecule has 3 nitrogen and oxygen atoms in total. The van der Waals surface area contributed by atoms with Gasteiger partial charge in [-0.1, -0.05) is 0 Å². The van der Waals surface area contributed by atoms with Crippen LogP contribution in [0.15, 0.2) is 5.34 Å². The number of nitrogens with zero attached hydrogens (tertiary/aromatic N) is 1. The zero-order valence-electron chi connectivity index (χ0n) is 2.00. The molecule has 0 aromatic carbocycles. The molecule has 0 spiro atoms. The van der Waals surface area contributed by atoms with Crippen molar-refractivity contribution in [3.05, 3.63) is 10.1 Å². The van der Waals surface area contributed by atoms with Gasteiger partial charge in [0.2, 0.25) is 0 Å². The van der Waals surface area contributed by atoms with Crippen molar-refractivity contribution < 1.29 is 17.3 Å². The average molecular weight is 183 g/mol. The van der Waals surface area contributed by atoms with E-state index in [-0.39, 0.29) is 0 Å². The number of hydrogen-bond acceptors (Lipinski definition) is 3. The third-order valence-corrected chi connectivity index (χ3v) is 0. The molecule has 0 atom stereocenters. The Morgan fingerprint density at radius 1 is 1.80 bits per heavy atom. The summed E-state index contributed by atoms with van der Waals surface area (Å²) in [5.41, 5.74) is 0. The molecule has 0 fully saturated rings. The van der Waals surface area contributed by atoms with E-state index >= 15 is 0 Å². The summed E-state index contributed by atoms with van der Waals surface area (Å²) >= 11 is 1.82. The molecule has 0 aromatic rings. The zero-order valence-corrected chi connectivity index (χ0v) is 4.49. The van der Waals surface area contributed by atoms with E-state index in [0.717, 1.165) is 5.34 Å². The van der Waals surface area contributed by atoms with Gasteiger partial charge in [0.1, 0.15) is 0 Å². The van der Waals surface area contributed by atoms with Crippen LogP contribution in [0, 0.1) is 10.1 Å². The van der Waals surface area contributed by atoms with Gasteiger partial charge < -0.3 is 10.1 Å². The Kier molecular flexibility index (Phi) is 49.4. The summed E-state index contributed by atoms with van der Waals surface area (Å²) in [6.45, 7) is 0. The Bertz CT molecular complexity index is 17.1. The van der Waals surface area contributed by atoms with Crippen LogP contribution in [0.25, 0.3) is 0 Å².